The topological polar surface area (TPSA) is 87.6 Å². The molecule has 19 heavy (non-hydrogen) atoms. The molecule has 2 aromatic rings. The average Bonchev–Trinajstić information content (AvgIpc) is 2.46. The van der Waals surface area contributed by atoms with Crippen molar-refractivity contribution in [1.82, 2.24) is 9.97 Å². The van der Waals surface area contributed by atoms with E-state index in [-0.39, 0.29) is 5.84 Å². The summed E-state index contributed by atoms with van der Waals surface area (Å²) in [5.41, 5.74) is 7.02. The van der Waals surface area contributed by atoms with E-state index >= 15 is 0 Å². The Hall–Kier alpha value is -2.15. The van der Waals surface area contributed by atoms with Gasteiger partial charge in [-0.3, -0.25) is 0 Å². The Kier molecular flexibility index (Phi) is 3.96. The lowest BCUT2D eigenvalue weighted by molar-refractivity contribution is 0.318. The van der Waals surface area contributed by atoms with E-state index < -0.39 is 0 Å². The fraction of sp³-hybridized carbons (Fsp3) is 0.0833. The van der Waals surface area contributed by atoms with Gasteiger partial charge in [-0.25, -0.2) is 9.97 Å². The number of aromatic nitrogens is 2. The number of rotatable bonds is 3. The molecule has 1 heterocycles. The molecule has 98 valence electrons. The smallest absolute Gasteiger partial charge is 0.229 e. The Bertz CT molecular complexity index is 599. The van der Waals surface area contributed by atoms with E-state index in [2.05, 4.69) is 31.1 Å². The summed E-state index contributed by atoms with van der Waals surface area (Å²) in [6.07, 6.45) is 3.32. The number of halogens is 1. The van der Waals surface area contributed by atoms with E-state index in [9.17, 15) is 0 Å². The molecule has 0 aliphatic rings. The first kappa shape index (κ1) is 13.3. The van der Waals surface area contributed by atoms with E-state index in [0.29, 0.717) is 11.5 Å². The number of nitrogens with zero attached hydrogens (tertiary/aromatic N) is 4. The van der Waals surface area contributed by atoms with Crippen molar-refractivity contribution in [2.45, 2.75) is 0 Å². The van der Waals surface area contributed by atoms with Crippen LogP contribution in [0, 0.1) is 0 Å². The summed E-state index contributed by atoms with van der Waals surface area (Å²) in [5.74, 6) is 0.556. The van der Waals surface area contributed by atoms with Crippen LogP contribution in [0.4, 0.5) is 11.6 Å². The summed E-state index contributed by atoms with van der Waals surface area (Å²) in [5, 5.41) is 11.8. The number of anilines is 2. The van der Waals surface area contributed by atoms with Gasteiger partial charge in [0.1, 0.15) is 0 Å². The molecule has 3 N–H and O–H groups in total. The van der Waals surface area contributed by atoms with Gasteiger partial charge in [-0.2, -0.15) is 0 Å². The molecule has 0 atom stereocenters. The Labute approximate surface area is 118 Å². The van der Waals surface area contributed by atoms with Crippen LogP contribution in [-0.2, 0) is 0 Å². The molecule has 0 radical (unpaired) electrons. The SMILES string of the molecule is CN(c1ncc(Br)cn1)c1ccccc1C(N)=NO. The van der Waals surface area contributed by atoms with Crippen molar-refractivity contribution in [2.75, 3.05) is 11.9 Å². The Balaban J connectivity index is 2.44. The van der Waals surface area contributed by atoms with Crippen LogP contribution in [0.15, 0.2) is 46.3 Å². The molecule has 1 aromatic heterocycles. The number of hydrogen-bond acceptors (Lipinski definition) is 5. The van der Waals surface area contributed by atoms with E-state index in [1.807, 2.05) is 25.2 Å². The maximum Gasteiger partial charge on any atom is 0.229 e. The minimum absolute atomic E-state index is 0.0413. The van der Waals surface area contributed by atoms with Crippen molar-refractivity contribution in [3.63, 3.8) is 0 Å². The largest absolute Gasteiger partial charge is 0.409 e. The molecule has 0 saturated heterocycles. The van der Waals surface area contributed by atoms with Crippen LogP contribution in [0.1, 0.15) is 5.56 Å². The van der Waals surface area contributed by atoms with Gasteiger partial charge in [0.25, 0.3) is 0 Å². The van der Waals surface area contributed by atoms with Gasteiger partial charge >= 0.3 is 0 Å². The second-order valence-corrected chi connectivity index (χ2v) is 4.68. The molecule has 1 aromatic carbocycles. The average molecular weight is 322 g/mol. The van der Waals surface area contributed by atoms with Gasteiger partial charge in [0, 0.05) is 25.0 Å². The van der Waals surface area contributed by atoms with Gasteiger partial charge in [-0.15, -0.1) is 0 Å². The first-order chi connectivity index (χ1) is 9.13. The third kappa shape index (κ3) is 2.82. The zero-order valence-electron chi connectivity index (χ0n) is 10.2. The van der Waals surface area contributed by atoms with Crippen LogP contribution < -0.4 is 10.6 Å². The van der Waals surface area contributed by atoms with Gasteiger partial charge in [0.15, 0.2) is 5.84 Å². The van der Waals surface area contributed by atoms with Gasteiger partial charge in [-0.05, 0) is 28.1 Å². The molecular formula is C12H12BrN5O. The molecule has 0 unspecified atom stereocenters. The molecule has 0 fully saturated rings. The van der Waals surface area contributed by atoms with Crippen molar-refractivity contribution in [2.24, 2.45) is 10.9 Å². The van der Waals surface area contributed by atoms with E-state index in [0.717, 1.165) is 10.2 Å². The zero-order valence-corrected chi connectivity index (χ0v) is 11.7. The second-order valence-electron chi connectivity index (χ2n) is 3.76. The molecule has 0 amide bonds. The van der Waals surface area contributed by atoms with Crippen molar-refractivity contribution < 1.29 is 5.21 Å². The fourth-order valence-corrected chi connectivity index (χ4v) is 1.83. The molecule has 0 saturated carbocycles. The highest BCUT2D eigenvalue weighted by Crippen LogP contribution is 2.24. The van der Waals surface area contributed by atoms with Crippen LogP contribution in [0.2, 0.25) is 0 Å². The lowest BCUT2D eigenvalue weighted by Crippen LogP contribution is -2.20. The Morgan fingerprint density at radius 3 is 2.58 bits per heavy atom. The van der Waals surface area contributed by atoms with Crippen LogP contribution in [0.5, 0.6) is 0 Å². The predicted molar refractivity (Wildman–Crippen MR) is 76.7 cm³/mol. The lowest BCUT2D eigenvalue weighted by Gasteiger charge is -2.19. The van der Waals surface area contributed by atoms with Crippen LogP contribution in [-0.4, -0.2) is 28.1 Å². The first-order valence-electron chi connectivity index (χ1n) is 5.41. The third-order valence-corrected chi connectivity index (χ3v) is 2.97. The molecule has 0 spiro atoms. The standard InChI is InChI=1S/C12H12BrN5O/c1-18(12-15-6-8(13)7-16-12)10-5-3-2-4-9(10)11(14)17-19/h2-7,19H,1H3,(H2,14,17). The number of para-hydroxylation sites is 1. The molecule has 2 rings (SSSR count). The van der Waals surface area contributed by atoms with Gasteiger partial charge in [0.2, 0.25) is 5.95 Å². The molecule has 0 aliphatic heterocycles. The fourth-order valence-electron chi connectivity index (χ4n) is 1.62. The highest BCUT2D eigenvalue weighted by atomic mass is 79.9. The summed E-state index contributed by atoms with van der Waals surface area (Å²) in [7, 11) is 1.81. The summed E-state index contributed by atoms with van der Waals surface area (Å²) < 4.78 is 0.800. The van der Waals surface area contributed by atoms with Crippen molar-refractivity contribution in [1.29, 1.82) is 0 Å². The Morgan fingerprint density at radius 2 is 1.95 bits per heavy atom. The maximum absolute atomic E-state index is 8.81. The second kappa shape index (κ2) is 5.66. The first-order valence-corrected chi connectivity index (χ1v) is 6.21. The summed E-state index contributed by atoms with van der Waals surface area (Å²) in [6.45, 7) is 0. The maximum atomic E-state index is 8.81. The summed E-state index contributed by atoms with van der Waals surface area (Å²) >= 11 is 3.28. The lowest BCUT2D eigenvalue weighted by atomic mass is 10.1. The number of nitrogens with two attached hydrogens (primary N) is 1. The van der Waals surface area contributed by atoms with Crippen LogP contribution in [0.3, 0.4) is 0 Å². The number of benzene rings is 1. The van der Waals surface area contributed by atoms with Gasteiger partial charge in [0.05, 0.1) is 10.2 Å². The zero-order chi connectivity index (χ0) is 13.8. The Morgan fingerprint density at radius 1 is 1.32 bits per heavy atom. The third-order valence-electron chi connectivity index (χ3n) is 2.56. The predicted octanol–water partition coefficient (Wildman–Crippen LogP) is 2.10. The van der Waals surface area contributed by atoms with E-state index in [1.165, 1.54) is 0 Å². The molecule has 0 bridgehead atoms. The molecule has 6 nitrogen and oxygen atoms in total. The molecule has 0 aliphatic carbocycles. The van der Waals surface area contributed by atoms with Crippen LogP contribution in [0.25, 0.3) is 0 Å². The summed E-state index contributed by atoms with van der Waals surface area (Å²) in [4.78, 5) is 10.2. The number of hydrogen-bond donors (Lipinski definition) is 2. The van der Waals surface area contributed by atoms with Crippen LogP contribution >= 0.6 is 15.9 Å². The highest BCUT2D eigenvalue weighted by molar-refractivity contribution is 9.10. The van der Waals surface area contributed by atoms with Gasteiger partial charge < -0.3 is 15.8 Å². The van der Waals surface area contributed by atoms with E-state index in [4.69, 9.17) is 10.9 Å². The monoisotopic (exact) mass is 321 g/mol. The van der Waals surface area contributed by atoms with Gasteiger partial charge in [-0.1, -0.05) is 17.3 Å². The minimum Gasteiger partial charge on any atom is -0.409 e. The van der Waals surface area contributed by atoms with Crippen molar-refractivity contribution in [3.8, 4) is 0 Å². The minimum atomic E-state index is 0.0413. The van der Waals surface area contributed by atoms with Crippen molar-refractivity contribution in [3.05, 3.63) is 46.7 Å². The number of oxime groups is 1. The quantitative estimate of drug-likeness (QED) is 0.391. The highest BCUT2D eigenvalue weighted by Gasteiger charge is 2.13. The van der Waals surface area contributed by atoms with E-state index in [1.54, 1.807) is 23.4 Å². The number of amidine groups is 1. The van der Waals surface area contributed by atoms with Crippen molar-refractivity contribution >= 4 is 33.4 Å². The molecular weight excluding hydrogens is 310 g/mol. The normalized spacial score (nSPS) is 11.4. The molecule has 7 heteroatoms. The summed E-state index contributed by atoms with van der Waals surface area (Å²) in [6, 6.07) is 7.28.